The number of nitrogens with one attached hydrogen (secondary N) is 1. The Balaban J connectivity index is 1.85. The third-order valence-electron chi connectivity index (χ3n) is 2.08. The molecule has 0 fully saturated rings. The van der Waals surface area contributed by atoms with Crippen molar-refractivity contribution >= 4 is 0 Å². The fraction of sp³-hybridized carbons (Fsp3) is 0.636. The van der Waals surface area contributed by atoms with E-state index in [1.54, 1.807) is 13.4 Å². The molecule has 14 heavy (non-hydrogen) atoms. The Kier molecular flexibility index (Phi) is 6.11. The highest BCUT2D eigenvalue weighted by Gasteiger charge is 1.94. The van der Waals surface area contributed by atoms with Gasteiger partial charge >= 0.3 is 0 Å². The van der Waals surface area contributed by atoms with Crippen molar-refractivity contribution in [2.45, 2.75) is 19.3 Å². The van der Waals surface area contributed by atoms with Crippen molar-refractivity contribution in [3.63, 3.8) is 0 Å². The van der Waals surface area contributed by atoms with Gasteiger partial charge in [-0.05, 0) is 31.5 Å². The Morgan fingerprint density at radius 3 is 3.00 bits per heavy atom. The van der Waals surface area contributed by atoms with Crippen LogP contribution in [0, 0.1) is 0 Å². The average Bonchev–Trinajstić information content (AvgIpc) is 2.69. The van der Waals surface area contributed by atoms with Crippen molar-refractivity contribution in [3.05, 3.63) is 24.2 Å². The lowest BCUT2D eigenvalue weighted by Gasteiger charge is -2.02. The molecule has 0 radical (unpaired) electrons. The Hall–Kier alpha value is -0.800. The highest BCUT2D eigenvalue weighted by Crippen LogP contribution is 1.99. The minimum Gasteiger partial charge on any atom is -0.469 e. The van der Waals surface area contributed by atoms with Crippen LogP contribution < -0.4 is 5.32 Å². The minimum atomic E-state index is 0.861. The average molecular weight is 197 g/mol. The van der Waals surface area contributed by atoms with E-state index in [1.165, 1.54) is 6.42 Å². The topological polar surface area (TPSA) is 34.4 Å². The van der Waals surface area contributed by atoms with Crippen LogP contribution in [0.2, 0.25) is 0 Å². The van der Waals surface area contributed by atoms with Crippen LogP contribution in [0.4, 0.5) is 0 Å². The summed E-state index contributed by atoms with van der Waals surface area (Å²) in [6.45, 7) is 2.91. The van der Waals surface area contributed by atoms with Crippen LogP contribution in [0.5, 0.6) is 0 Å². The molecule has 0 aliphatic heterocycles. The van der Waals surface area contributed by atoms with E-state index in [0.717, 1.165) is 38.3 Å². The lowest BCUT2D eigenvalue weighted by Crippen LogP contribution is -2.18. The van der Waals surface area contributed by atoms with Crippen LogP contribution in [-0.2, 0) is 11.2 Å². The van der Waals surface area contributed by atoms with Crippen molar-refractivity contribution in [3.8, 4) is 0 Å². The zero-order chi connectivity index (χ0) is 10.1. The van der Waals surface area contributed by atoms with Gasteiger partial charge in [-0.2, -0.15) is 0 Å². The number of hydrogen-bond donors (Lipinski definition) is 1. The number of hydrogen-bond acceptors (Lipinski definition) is 3. The molecule has 0 bridgehead atoms. The molecular weight excluding hydrogens is 178 g/mol. The molecule has 1 rings (SSSR count). The van der Waals surface area contributed by atoms with Crippen molar-refractivity contribution < 1.29 is 9.15 Å². The molecule has 1 aromatic heterocycles. The van der Waals surface area contributed by atoms with E-state index in [2.05, 4.69) is 5.32 Å². The SMILES string of the molecule is COCCCCNCCc1ccco1. The first-order valence-electron chi connectivity index (χ1n) is 5.15. The van der Waals surface area contributed by atoms with Crippen molar-refractivity contribution in [1.29, 1.82) is 0 Å². The minimum absolute atomic E-state index is 0.861. The highest BCUT2D eigenvalue weighted by atomic mass is 16.5. The number of furan rings is 1. The molecule has 80 valence electrons. The van der Waals surface area contributed by atoms with E-state index in [1.807, 2.05) is 12.1 Å². The van der Waals surface area contributed by atoms with Gasteiger partial charge in [-0.1, -0.05) is 0 Å². The van der Waals surface area contributed by atoms with Gasteiger partial charge in [-0.3, -0.25) is 0 Å². The van der Waals surface area contributed by atoms with Crippen molar-refractivity contribution in [2.75, 3.05) is 26.8 Å². The van der Waals surface area contributed by atoms with Crippen LogP contribution in [0.3, 0.4) is 0 Å². The molecule has 0 unspecified atom stereocenters. The molecule has 0 saturated carbocycles. The largest absolute Gasteiger partial charge is 0.469 e. The van der Waals surface area contributed by atoms with Gasteiger partial charge in [-0.25, -0.2) is 0 Å². The molecule has 1 heterocycles. The highest BCUT2D eigenvalue weighted by molar-refractivity contribution is 4.98. The molecule has 0 saturated heterocycles. The van der Waals surface area contributed by atoms with Crippen LogP contribution in [-0.4, -0.2) is 26.8 Å². The summed E-state index contributed by atoms with van der Waals surface area (Å²) >= 11 is 0. The Labute approximate surface area is 85.4 Å². The molecule has 0 spiro atoms. The second kappa shape index (κ2) is 7.59. The van der Waals surface area contributed by atoms with Gasteiger partial charge in [0.2, 0.25) is 0 Å². The Bertz CT molecular complexity index is 209. The number of ether oxygens (including phenoxy) is 1. The van der Waals surface area contributed by atoms with Gasteiger partial charge in [0, 0.05) is 26.7 Å². The van der Waals surface area contributed by atoms with E-state index < -0.39 is 0 Å². The third kappa shape index (κ3) is 5.04. The first-order valence-corrected chi connectivity index (χ1v) is 5.15. The molecule has 1 N–H and O–H groups in total. The van der Waals surface area contributed by atoms with Gasteiger partial charge < -0.3 is 14.5 Å². The summed E-state index contributed by atoms with van der Waals surface area (Å²) in [7, 11) is 1.74. The summed E-state index contributed by atoms with van der Waals surface area (Å²) in [4.78, 5) is 0. The molecule has 0 atom stereocenters. The summed E-state index contributed by atoms with van der Waals surface area (Å²) in [5.41, 5.74) is 0. The van der Waals surface area contributed by atoms with Crippen molar-refractivity contribution in [2.24, 2.45) is 0 Å². The van der Waals surface area contributed by atoms with Gasteiger partial charge in [0.25, 0.3) is 0 Å². The quantitative estimate of drug-likeness (QED) is 0.646. The maximum Gasteiger partial charge on any atom is 0.105 e. The summed E-state index contributed by atoms with van der Waals surface area (Å²) in [6.07, 6.45) is 4.99. The second-order valence-corrected chi connectivity index (χ2v) is 3.28. The van der Waals surface area contributed by atoms with Crippen LogP contribution in [0.1, 0.15) is 18.6 Å². The van der Waals surface area contributed by atoms with E-state index >= 15 is 0 Å². The third-order valence-corrected chi connectivity index (χ3v) is 2.08. The molecular formula is C11H19NO2. The Morgan fingerprint density at radius 2 is 2.29 bits per heavy atom. The van der Waals surface area contributed by atoms with Gasteiger partial charge in [0.1, 0.15) is 5.76 Å². The molecule has 0 amide bonds. The van der Waals surface area contributed by atoms with Crippen LogP contribution in [0.25, 0.3) is 0 Å². The zero-order valence-electron chi connectivity index (χ0n) is 8.79. The van der Waals surface area contributed by atoms with Crippen LogP contribution in [0.15, 0.2) is 22.8 Å². The zero-order valence-corrected chi connectivity index (χ0v) is 8.79. The molecule has 3 heteroatoms. The van der Waals surface area contributed by atoms with Gasteiger partial charge in [0.15, 0.2) is 0 Å². The maximum absolute atomic E-state index is 5.22. The molecule has 0 aromatic carbocycles. The number of methoxy groups -OCH3 is 1. The van der Waals surface area contributed by atoms with Gasteiger partial charge in [-0.15, -0.1) is 0 Å². The fourth-order valence-corrected chi connectivity index (χ4v) is 1.29. The van der Waals surface area contributed by atoms with E-state index in [-0.39, 0.29) is 0 Å². The maximum atomic E-state index is 5.22. The normalized spacial score (nSPS) is 10.6. The first kappa shape index (κ1) is 11.3. The molecule has 3 nitrogen and oxygen atoms in total. The molecule has 0 aliphatic carbocycles. The summed E-state index contributed by atoms with van der Waals surface area (Å²) in [5, 5.41) is 3.37. The van der Waals surface area contributed by atoms with E-state index in [9.17, 15) is 0 Å². The predicted octanol–water partition coefficient (Wildman–Crippen LogP) is 1.84. The predicted molar refractivity (Wildman–Crippen MR) is 56.4 cm³/mol. The Morgan fingerprint density at radius 1 is 1.36 bits per heavy atom. The van der Waals surface area contributed by atoms with Crippen LogP contribution >= 0.6 is 0 Å². The van der Waals surface area contributed by atoms with Gasteiger partial charge in [0.05, 0.1) is 6.26 Å². The lowest BCUT2D eigenvalue weighted by atomic mass is 10.3. The molecule has 1 aromatic rings. The fourth-order valence-electron chi connectivity index (χ4n) is 1.29. The lowest BCUT2D eigenvalue weighted by molar-refractivity contribution is 0.192. The van der Waals surface area contributed by atoms with E-state index in [0.29, 0.717) is 0 Å². The first-order chi connectivity index (χ1) is 6.93. The smallest absolute Gasteiger partial charge is 0.105 e. The standard InChI is InChI=1S/C11H19NO2/c1-13-9-3-2-7-12-8-6-11-5-4-10-14-11/h4-5,10,12H,2-3,6-9H2,1H3. The second-order valence-electron chi connectivity index (χ2n) is 3.28. The summed E-state index contributed by atoms with van der Waals surface area (Å²) in [6, 6.07) is 3.93. The molecule has 0 aliphatic rings. The summed E-state index contributed by atoms with van der Waals surface area (Å²) < 4.78 is 10.2. The van der Waals surface area contributed by atoms with Crippen molar-refractivity contribution in [1.82, 2.24) is 5.32 Å². The van der Waals surface area contributed by atoms with E-state index in [4.69, 9.17) is 9.15 Å². The number of rotatable bonds is 8. The monoisotopic (exact) mass is 197 g/mol. The summed E-state index contributed by atoms with van der Waals surface area (Å²) in [5.74, 6) is 1.05. The number of unbranched alkanes of at least 4 members (excludes halogenated alkanes) is 1.